The van der Waals surface area contributed by atoms with Crippen molar-refractivity contribution in [1.29, 1.82) is 0 Å². The lowest BCUT2D eigenvalue weighted by molar-refractivity contribution is 0.0730. The van der Waals surface area contributed by atoms with Gasteiger partial charge in [-0.1, -0.05) is 18.2 Å². The summed E-state index contributed by atoms with van der Waals surface area (Å²) in [7, 11) is -3.43. The Labute approximate surface area is 159 Å². The number of hydrogen-bond donors (Lipinski definition) is 0. The fourth-order valence-corrected chi connectivity index (χ4v) is 5.92. The molecule has 2 aromatic rings. The zero-order valence-electron chi connectivity index (χ0n) is 14.7. The van der Waals surface area contributed by atoms with Gasteiger partial charge in [0.15, 0.2) is 0 Å². The zero-order valence-corrected chi connectivity index (χ0v) is 16.3. The lowest BCUT2D eigenvalue weighted by Crippen LogP contribution is -2.40. The quantitative estimate of drug-likeness (QED) is 0.735. The van der Waals surface area contributed by atoms with Gasteiger partial charge < -0.3 is 4.74 Å². The first-order valence-electron chi connectivity index (χ1n) is 9.04. The van der Waals surface area contributed by atoms with Crippen molar-refractivity contribution >= 4 is 21.8 Å². The summed E-state index contributed by atoms with van der Waals surface area (Å²) in [6.45, 7) is 1.78. The van der Waals surface area contributed by atoms with E-state index in [-0.39, 0.29) is 0 Å². The molecule has 0 aromatic heterocycles. The number of rotatable bonds is 5. The molecule has 1 saturated heterocycles. The summed E-state index contributed by atoms with van der Waals surface area (Å²) in [6, 6.07) is 14.1. The van der Waals surface area contributed by atoms with Crippen LogP contribution in [-0.4, -0.2) is 39.0 Å². The summed E-state index contributed by atoms with van der Waals surface area (Å²) in [5.74, 6) is 0.769. The molecule has 4 rings (SSSR count). The normalized spacial score (nSPS) is 18.0. The molecule has 6 heteroatoms. The van der Waals surface area contributed by atoms with E-state index in [1.165, 1.54) is 39.6 Å². The van der Waals surface area contributed by atoms with Crippen LogP contribution >= 0.6 is 11.8 Å². The smallest absolute Gasteiger partial charge is 0.243 e. The molecular weight excluding hydrogens is 366 g/mol. The van der Waals surface area contributed by atoms with Gasteiger partial charge in [0.2, 0.25) is 10.0 Å². The minimum absolute atomic E-state index is 0.381. The molecule has 0 radical (unpaired) electrons. The fraction of sp³-hybridized carbons (Fsp3) is 0.400. The highest BCUT2D eigenvalue weighted by molar-refractivity contribution is 7.98. The number of nitrogens with zero attached hydrogens (tertiary/aromatic N) is 1. The maximum Gasteiger partial charge on any atom is 0.243 e. The van der Waals surface area contributed by atoms with Gasteiger partial charge >= 0.3 is 0 Å². The van der Waals surface area contributed by atoms with Crippen molar-refractivity contribution in [1.82, 2.24) is 4.31 Å². The van der Waals surface area contributed by atoms with E-state index >= 15 is 0 Å². The van der Waals surface area contributed by atoms with Crippen molar-refractivity contribution in [3.63, 3.8) is 0 Å². The molecule has 1 aliphatic carbocycles. The number of morpholine rings is 1. The molecule has 1 aliphatic heterocycles. The fourth-order valence-electron chi connectivity index (χ4n) is 3.54. The van der Waals surface area contributed by atoms with Crippen LogP contribution in [0.15, 0.2) is 52.3 Å². The van der Waals surface area contributed by atoms with E-state index in [1.54, 1.807) is 17.8 Å². The van der Waals surface area contributed by atoms with Gasteiger partial charge in [0.1, 0.15) is 0 Å². The molecule has 4 nitrogen and oxygen atoms in total. The average molecular weight is 390 g/mol. The van der Waals surface area contributed by atoms with Crippen molar-refractivity contribution in [2.45, 2.75) is 34.8 Å². The first-order valence-corrected chi connectivity index (χ1v) is 11.5. The van der Waals surface area contributed by atoms with E-state index in [1.807, 2.05) is 18.2 Å². The van der Waals surface area contributed by atoms with Gasteiger partial charge in [0.25, 0.3) is 0 Å². The van der Waals surface area contributed by atoms with Gasteiger partial charge in [0.05, 0.1) is 18.1 Å². The van der Waals surface area contributed by atoms with Crippen LogP contribution in [0.2, 0.25) is 0 Å². The summed E-state index contributed by atoms with van der Waals surface area (Å²) in [5.41, 5.74) is 3.98. The maximum absolute atomic E-state index is 12.8. The maximum atomic E-state index is 12.8. The van der Waals surface area contributed by atoms with Crippen LogP contribution in [0.4, 0.5) is 0 Å². The van der Waals surface area contributed by atoms with Crippen LogP contribution < -0.4 is 0 Å². The van der Waals surface area contributed by atoms with Gasteiger partial charge in [0, 0.05) is 23.7 Å². The second kappa shape index (κ2) is 7.72. The van der Waals surface area contributed by atoms with Crippen molar-refractivity contribution in [3.05, 3.63) is 59.2 Å². The molecule has 2 aromatic carbocycles. The van der Waals surface area contributed by atoms with Crippen molar-refractivity contribution < 1.29 is 13.2 Å². The molecule has 2 aliphatic rings. The Balaban J connectivity index is 1.47. The van der Waals surface area contributed by atoms with Crippen molar-refractivity contribution in [3.8, 4) is 0 Å². The molecule has 26 heavy (non-hydrogen) atoms. The predicted octanol–water partition coefficient (Wildman–Crippen LogP) is 3.49. The number of thioether (sulfide) groups is 1. The Bertz CT molecular complexity index is 890. The van der Waals surface area contributed by atoms with Crippen LogP contribution in [0.25, 0.3) is 0 Å². The molecule has 0 unspecified atom stereocenters. The SMILES string of the molecule is O=S(=O)(c1cccc(CSc2ccc3c(c2)CCC3)c1)N1CCOCC1. The third-order valence-electron chi connectivity index (χ3n) is 4.98. The number of aryl methyl sites for hydroxylation is 2. The molecule has 0 amide bonds. The van der Waals surface area contributed by atoms with Crippen LogP contribution in [0.1, 0.15) is 23.1 Å². The highest BCUT2D eigenvalue weighted by atomic mass is 32.2. The summed E-state index contributed by atoms with van der Waals surface area (Å²) in [5, 5.41) is 0. The van der Waals surface area contributed by atoms with Gasteiger partial charge in [-0.3, -0.25) is 0 Å². The third kappa shape index (κ3) is 3.83. The first-order chi connectivity index (χ1) is 12.6. The molecule has 1 fully saturated rings. The van der Waals surface area contributed by atoms with E-state index in [9.17, 15) is 8.42 Å². The van der Waals surface area contributed by atoms with Gasteiger partial charge in [-0.15, -0.1) is 11.8 Å². The first kappa shape index (κ1) is 18.0. The Hall–Kier alpha value is -1.34. The molecule has 0 bridgehead atoms. The number of hydrogen-bond acceptors (Lipinski definition) is 4. The van der Waals surface area contributed by atoms with Gasteiger partial charge in [-0.25, -0.2) is 8.42 Å². The van der Waals surface area contributed by atoms with Crippen LogP contribution in [0.5, 0.6) is 0 Å². The number of fused-ring (bicyclic) bond motifs is 1. The molecule has 0 N–H and O–H groups in total. The molecular formula is C20H23NO3S2. The van der Waals surface area contributed by atoms with Crippen LogP contribution in [0, 0.1) is 0 Å². The summed E-state index contributed by atoms with van der Waals surface area (Å²) in [6.07, 6.45) is 3.63. The monoisotopic (exact) mass is 389 g/mol. The molecule has 138 valence electrons. The standard InChI is InChI=1S/C20H23NO3S2/c22-26(23,21-9-11-24-12-10-21)20-6-1-3-16(13-20)15-25-19-8-7-17-4-2-5-18(17)14-19/h1,3,6-8,13-14H,2,4-5,9-12,15H2. The predicted molar refractivity (Wildman–Crippen MR) is 104 cm³/mol. The largest absolute Gasteiger partial charge is 0.379 e. The van der Waals surface area contributed by atoms with E-state index in [2.05, 4.69) is 18.2 Å². The Morgan fingerprint density at radius 3 is 2.65 bits per heavy atom. The molecule has 1 heterocycles. The van der Waals surface area contributed by atoms with E-state index in [0.717, 1.165) is 11.3 Å². The Morgan fingerprint density at radius 2 is 1.81 bits per heavy atom. The third-order valence-corrected chi connectivity index (χ3v) is 7.94. The van der Waals surface area contributed by atoms with E-state index in [0.29, 0.717) is 31.2 Å². The number of ether oxygens (including phenoxy) is 1. The average Bonchev–Trinajstić information content (AvgIpc) is 3.15. The summed E-state index contributed by atoms with van der Waals surface area (Å²) >= 11 is 1.77. The number of benzene rings is 2. The lowest BCUT2D eigenvalue weighted by atomic mass is 10.1. The zero-order chi connectivity index (χ0) is 18.0. The summed E-state index contributed by atoms with van der Waals surface area (Å²) in [4.78, 5) is 1.64. The number of sulfonamides is 1. The minimum atomic E-state index is -3.43. The van der Waals surface area contributed by atoms with Crippen LogP contribution in [-0.2, 0) is 33.4 Å². The second-order valence-corrected chi connectivity index (χ2v) is 9.72. The second-order valence-electron chi connectivity index (χ2n) is 6.74. The lowest BCUT2D eigenvalue weighted by Gasteiger charge is -2.26. The topological polar surface area (TPSA) is 46.6 Å². The Kier molecular flexibility index (Phi) is 5.36. The highest BCUT2D eigenvalue weighted by Crippen LogP contribution is 2.30. The minimum Gasteiger partial charge on any atom is -0.379 e. The molecule has 0 spiro atoms. The van der Waals surface area contributed by atoms with Crippen LogP contribution in [0.3, 0.4) is 0 Å². The molecule has 0 atom stereocenters. The van der Waals surface area contributed by atoms with Crippen molar-refractivity contribution in [2.24, 2.45) is 0 Å². The summed E-state index contributed by atoms with van der Waals surface area (Å²) < 4.78 is 32.4. The van der Waals surface area contributed by atoms with E-state index < -0.39 is 10.0 Å². The molecule has 0 saturated carbocycles. The Morgan fingerprint density at radius 1 is 1.00 bits per heavy atom. The van der Waals surface area contributed by atoms with Gasteiger partial charge in [-0.2, -0.15) is 4.31 Å². The highest BCUT2D eigenvalue weighted by Gasteiger charge is 2.26. The van der Waals surface area contributed by atoms with Crippen molar-refractivity contribution in [2.75, 3.05) is 26.3 Å². The van der Waals surface area contributed by atoms with Gasteiger partial charge in [-0.05, 0) is 60.2 Å². The van der Waals surface area contributed by atoms with E-state index in [4.69, 9.17) is 4.74 Å².